The van der Waals surface area contributed by atoms with Crippen LogP contribution in [-0.2, 0) is 4.79 Å². The zero-order chi connectivity index (χ0) is 15.8. The Bertz CT molecular complexity index is 492. The van der Waals surface area contributed by atoms with Crippen molar-refractivity contribution >= 4 is 11.8 Å². The van der Waals surface area contributed by atoms with Crippen LogP contribution in [0.1, 0.15) is 29.6 Å². The minimum absolute atomic E-state index is 0.0184. The molecule has 0 saturated carbocycles. The van der Waals surface area contributed by atoms with E-state index in [1.165, 1.54) is 0 Å². The lowest BCUT2D eigenvalue weighted by atomic mass is 9.96. The fraction of sp³-hybridized carbons (Fsp3) is 0.562. The van der Waals surface area contributed by atoms with Crippen molar-refractivity contribution in [3.05, 3.63) is 30.1 Å². The van der Waals surface area contributed by atoms with Crippen molar-refractivity contribution in [1.29, 1.82) is 0 Å². The van der Waals surface area contributed by atoms with Gasteiger partial charge in [-0.1, -0.05) is 0 Å². The van der Waals surface area contributed by atoms with E-state index >= 15 is 0 Å². The van der Waals surface area contributed by atoms with Gasteiger partial charge >= 0.3 is 0 Å². The van der Waals surface area contributed by atoms with Gasteiger partial charge < -0.3 is 15.5 Å². The van der Waals surface area contributed by atoms with Crippen molar-refractivity contribution in [2.24, 2.45) is 5.92 Å². The van der Waals surface area contributed by atoms with Gasteiger partial charge in [0.25, 0.3) is 5.91 Å². The minimum Gasteiger partial charge on any atom is -0.356 e. The second-order valence-electron chi connectivity index (χ2n) is 5.57. The summed E-state index contributed by atoms with van der Waals surface area (Å²) in [5, 5.41) is 6.01. The van der Waals surface area contributed by atoms with E-state index in [1.54, 1.807) is 29.4 Å². The molecule has 6 heteroatoms. The van der Waals surface area contributed by atoms with E-state index in [1.807, 2.05) is 7.05 Å². The summed E-state index contributed by atoms with van der Waals surface area (Å²) >= 11 is 0. The fourth-order valence-electron chi connectivity index (χ4n) is 2.67. The summed E-state index contributed by atoms with van der Waals surface area (Å²) in [5.74, 6) is -0.0625. The van der Waals surface area contributed by atoms with Crippen LogP contribution in [0.2, 0.25) is 0 Å². The molecule has 120 valence electrons. The molecule has 1 aliphatic heterocycles. The molecule has 0 spiro atoms. The Labute approximate surface area is 131 Å². The molecule has 1 aromatic heterocycles. The average Bonchev–Trinajstić information content (AvgIpc) is 2.59. The number of pyridine rings is 1. The Morgan fingerprint density at radius 1 is 1.32 bits per heavy atom. The summed E-state index contributed by atoms with van der Waals surface area (Å²) in [4.78, 5) is 30.3. The molecular formula is C16H24N4O2. The lowest BCUT2D eigenvalue weighted by Crippen LogP contribution is -2.45. The third-order valence-electron chi connectivity index (χ3n) is 3.91. The largest absolute Gasteiger partial charge is 0.356 e. The Morgan fingerprint density at radius 3 is 2.82 bits per heavy atom. The number of hydrogen-bond donors (Lipinski definition) is 2. The molecule has 1 fully saturated rings. The number of carbonyl (C=O) groups excluding carboxylic acids is 2. The van der Waals surface area contributed by atoms with Crippen molar-refractivity contribution < 1.29 is 9.59 Å². The van der Waals surface area contributed by atoms with E-state index in [-0.39, 0.29) is 17.7 Å². The van der Waals surface area contributed by atoms with Crippen molar-refractivity contribution in [3.8, 4) is 0 Å². The maximum absolute atomic E-state index is 12.4. The summed E-state index contributed by atoms with van der Waals surface area (Å²) in [7, 11) is 1.89. The van der Waals surface area contributed by atoms with E-state index in [9.17, 15) is 9.59 Å². The first-order valence-corrected chi connectivity index (χ1v) is 7.84. The van der Waals surface area contributed by atoms with Gasteiger partial charge in [0.1, 0.15) is 0 Å². The number of amides is 2. The zero-order valence-corrected chi connectivity index (χ0v) is 13.0. The molecule has 1 unspecified atom stereocenters. The van der Waals surface area contributed by atoms with Gasteiger partial charge in [-0.15, -0.1) is 0 Å². The van der Waals surface area contributed by atoms with Gasteiger partial charge in [-0.05, 0) is 45.0 Å². The van der Waals surface area contributed by atoms with Crippen molar-refractivity contribution in [1.82, 2.24) is 20.5 Å². The smallest absolute Gasteiger partial charge is 0.253 e. The lowest BCUT2D eigenvalue weighted by Gasteiger charge is -2.32. The van der Waals surface area contributed by atoms with E-state index < -0.39 is 0 Å². The molecule has 2 N–H and O–H groups in total. The molecule has 0 radical (unpaired) electrons. The van der Waals surface area contributed by atoms with Crippen LogP contribution in [0.25, 0.3) is 0 Å². The predicted octanol–water partition coefficient (Wildman–Crippen LogP) is 0.660. The monoisotopic (exact) mass is 304 g/mol. The summed E-state index contributed by atoms with van der Waals surface area (Å²) in [6.07, 6.45) is 5.85. The molecule has 6 nitrogen and oxygen atoms in total. The van der Waals surface area contributed by atoms with Crippen LogP contribution in [0.3, 0.4) is 0 Å². The highest BCUT2D eigenvalue weighted by Crippen LogP contribution is 2.18. The number of hydrogen-bond acceptors (Lipinski definition) is 4. The highest BCUT2D eigenvalue weighted by atomic mass is 16.2. The van der Waals surface area contributed by atoms with E-state index in [4.69, 9.17) is 0 Å². The van der Waals surface area contributed by atoms with E-state index in [0.717, 1.165) is 25.8 Å². The molecular weight excluding hydrogens is 280 g/mol. The van der Waals surface area contributed by atoms with E-state index in [2.05, 4.69) is 15.6 Å². The van der Waals surface area contributed by atoms with Crippen molar-refractivity contribution in [2.75, 3.05) is 33.2 Å². The van der Waals surface area contributed by atoms with Crippen LogP contribution < -0.4 is 10.6 Å². The molecule has 22 heavy (non-hydrogen) atoms. The molecule has 1 atom stereocenters. The number of nitrogens with zero attached hydrogens (tertiary/aromatic N) is 2. The standard InChI is InChI=1S/C16H24N4O2/c1-17-7-3-8-19-15(21)14-4-2-11-20(12-14)16(22)13-5-9-18-10-6-13/h5-6,9-10,14,17H,2-4,7-8,11-12H2,1H3,(H,19,21). The van der Waals surface area contributed by atoms with Crippen LogP contribution in [0.15, 0.2) is 24.5 Å². The average molecular weight is 304 g/mol. The van der Waals surface area contributed by atoms with Gasteiger partial charge in [0.05, 0.1) is 5.92 Å². The van der Waals surface area contributed by atoms with Gasteiger partial charge in [-0.25, -0.2) is 0 Å². The molecule has 1 aliphatic rings. The molecule has 2 amide bonds. The van der Waals surface area contributed by atoms with Crippen LogP contribution in [0, 0.1) is 5.92 Å². The normalized spacial score (nSPS) is 18.0. The molecule has 0 aliphatic carbocycles. The maximum Gasteiger partial charge on any atom is 0.253 e. The number of rotatable bonds is 6. The third kappa shape index (κ3) is 4.53. The second-order valence-corrected chi connectivity index (χ2v) is 5.57. The topological polar surface area (TPSA) is 74.3 Å². The first kappa shape index (κ1) is 16.4. The quantitative estimate of drug-likeness (QED) is 0.757. The Kier molecular flexibility index (Phi) is 6.33. The first-order chi connectivity index (χ1) is 10.7. The van der Waals surface area contributed by atoms with Gasteiger partial charge in [-0.3, -0.25) is 14.6 Å². The fourth-order valence-corrected chi connectivity index (χ4v) is 2.67. The van der Waals surface area contributed by atoms with Crippen molar-refractivity contribution in [3.63, 3.8) is 0 Å². The highest BCUT2D eigenvalue weighted by Gasteiger charge is 2.28. The summed E-state index contributed by atoms with van der Waals surface area (Å²) in [6.45, 7) is 2.77. The number of likely N-dealkylation sites (tertiary alicyclic amines) is 1. The van der Waals surface area contributed by atoms with Crippen LogP contribution in [0.4, 0.5) is 0 Å². The predicted molar refractivity (Wildman–Crippen MR) is 84.4 cm³/mol. The molecule has 2 rings (SSSR count). The van der Waals surface area contributed by atoms with Gasteiger partial charge in [0.15, 0.2) is 0 Å². The van der Waals surface area contributed by atoms with Crippen molar-refractivity contribution in [2.45, 2.75) is 19.3 Å². The number of piperidine rings is 1. The summed E-state index contributed by atoms with van der Waals surface area (Å²) in [6, 6.07) is 3.42. The summed E-state index contributed by atoms with van der Waals surface area (Å²) in [5.41, 5.74) is 0.630. The molecule has 1 saturated heterocycles. The Balaban J connectivity index is 1.86. The number of nitrogens with one attached hydrogen (secondary N) is 2. The molecule has 0 bridgehead atoms. The second kappa shape index (κ2) is 8.48. The van der Waals surface area contributed by atoms with Gasteiger partial charge in [-0.2, -0.15) is 0 Å². The number of aromatic nitrogens is 1. The van der Waals surface area contributed by atoms with Gasteiger partial charge in [0.2, 0.25) is 5.91 Å². The maximum atomic E-state index is 12.4. The molecule has 1 aromatic rings. The Morgan fingerprint density at radius 2 is 2.09 bits per heavy atom. The SMILES string of the molecule is CNCCCNC(=O)C1CCCN(C(=O)c2ccncc2)C1. The molecule has 2 heterocycles. The Hall–Kier alpha value is -1.95. The lowest BCUT2D eigenvalue weighted by molar-refractivity contribution is -0.126. The van der Waals surface area contributed by atoms with E-state index in [0.29, 0.717) is 25.2 Å². The highest BCUT2D eigenvalue weighted by molar-refractivity contribution is 5.94. The van der Waals surface area contributed by atoms with Crippen LogP contribution >= 0.6 is 0 Å². The summed E-state index contributed by atoms with van der Waals surface area (Å²) < 4.78 is 0. The zero-order valence-electron chi connectivity index (χ0n) is 13.0. The van der Waals surface area contributed by atoms with Crippen LogP contribution in [0.5, 0.6) is 0 Å². The minimum atomic E-state index is -0.103. The van der Waals surface area contributed by atoms with Gasteiger partial charge in [0, 0.05) is 37.6 Å². The van der Waals surface area contributed by atoms with Crippen LogP contribution in [-0.4, -0.2) is 54.9 Å². The first-order valence-electron chi connectivity index (χ1n) is 7.84. The molecule has 0 aromatic carbocycles. The number of carbonyl (C=O) groups is 2. The third-order valence-corrected chi connectivity index (χ3v) is 3.91.